The van der Waals surface area contributed by atoms with E-state index in [9.17, 15) is 19.7 Å². The number of fused-ring (bicyclic) bond motifs is 1. The van der Waals surface area contributed by atoms with E-state index in [-0.39, 0.29) is 17.1 Å². The van der Waals surface area contributed by atoms with Gasteiger partial charge in [0.2, 0.25) is 0 Å². The molecule has 3 rings (SSSR count). The van der Waals surface area contributed by atoms with Crippen molar-refractivity contribution < 1.29 is 24.0 Å². The highest BCUT2D eigenvalue weighted by atomic mass is 16.6. The summed E-state index contributed by atoms with van der Waals surface area (Å²) in [4.78, 5) is 34.6. The van der Waals surface area contributed by atoms with E-state index in [4.69, 9.17) is 9.47 Å². The van der Waals surface area contributed by atoms with E-state index in [1.807, 2.05) is 12.1 Å². The molecule has 0 radical (unpaired) electrons. The first-order valence-corrected chi connectivity index (χ1v) is 8.89. The molecule has 0 fully saturated rings. The number of hydrogen-bond acceptors (Lipinski definition) is 6. The topological polar surface area (TPSA) is 108 Å². The zero-order valence-corrected chi connectivity index (χ0v) is 15.4. The van der Waals surface area contributed by atoms with Gasteiger partial charge in [0.15, 0.2) is 6.61 Å². The Hall–Kier alpha value is -3.42. The highest BCUT2D eigenvalue weighted by Gasteiger charge is 2.17. The van der Waals surface area contributed by atoms with Crippen LogP contribution in [0.4, 0.5) is 11.4 Å². The molecule has 2 aromatic rings. The molecular formula is C20H20N2O6. The number of carbonyl (C=O) groups excluding carboxylic acids is 2. The first kappa shape index (κ1) is 19.3. The molecule has 1 amide bonds. The maximum absolute atomic E-state index is 12.2. The Bertz CT molecular complexity index is 925. The van der Waals surface area contributed by atoms with Crippen LogP contribution in [0.25, 0.3) is 0 Å². The van der Waals surface area contributed by atoms with Crippen molar-refractivity contribution in [2.45, 2.75) is 25.7 Å². The molecule has 0 saturated carbocycles. The number of anilines is 1. The van der Waals surface area contributed by atoms with E-state index in [1.165, 1.54) is 30.9 Å². The van der Waals surface area contributed by atoms with Gasteiger partial charge in [-0.1, -0.05) is 6.07 Å². The second-order valence-electron chi connectivity index (χ2n) is 6.46. The van der Waals surface area contributed by atoms with Crippen molar-refractivity contribution in [2.75, 3.05) is 19.0 Å². The summed E-state index contributed by atoms with van der Waals surface area (Å²) in [6.45, 7) is -0.476. The average Bonchev–Trinajstić information content (AvgIpc) is 2.71. The Balaban J connectivity index is 1.60. The summed E-state index contributed by atoms with van der Waals surface area (Å²) in [6.07, 6.45) is 4.22. The molecule has 1 aliphatic rings. The fraction of sp³-hybridized carbons (Fsp3) is 0.300. The van der Waals surface area contributed by atoms with Crippen molar-refractivity contribution in [3.05, 3.63) is 63.2 Å². The van der Waals surface area contributed by atoms with Crippen LogP contribution in [0, 0.1) is 10.1 Å². The number of rotatable bonds is 6. The van der Waals surface area contributed by atoms with Gasteiger partial charge in [-0.25, -0.2) is 4.79 Å². The van der Waals surface area contributed by atoms with Crippen LogP contribution in [0.2, 0.25) is 0 Å². The van der Waals surface area contributed by atoms with Crippen LogP contribution >= 0.6 is 0 Å². The lowest BCUT2D eigenvalue weighted by Gasteiger charge is -2.16. The fourth-order valence-corrected chi connectivity index (χ4v) is 3.16. The molecular weight excluding hydrogens is 364 g/mol. The Morgan fingerprint density at radius 3 is 2.57 bits per heavy atom. The number of nitrogens with zero attached hydrogens (tertiary/aromatic N) is 1. The van der Waals surface area contributed by atoms with Crippen molar-refractivity contribution in [1.29, 1.82) is 0 Å². The van der Waals surface area contributed by atoms with Crippen LogP contribution in [0.3, 0.4) is 0 Å². The third kappa shape index (κ3) is 4.46. The molecule has 8 nitrogen and oxygen atoms in total. The first-order chi connectivity index (χ1) is 13.5. The molecule has 0 heterocycles. The standard InChI is InChI=1S/C20H20N2O6/c1-27-18-11-16(22(25)26)8-9-17(18)21-19(23)12-28-20(24)15-7-6-13-4-2-3-5-14(13)10-15/h6-11H,2-5,12H2,1H3,(H,21,23). The van der Waals surface area contributed by atoms with Gasteiger partial charge in [0, 0.05) is 6.07 Å². The minimum atomic E-state index is -0.571. The molecule has 1 N–H and O–H groups in total. The smallest absolute Gasteiger partial charge is 0.338 e. The quantitative estimate of drug-likeness (QED) is 0.465. The van der Waals surface area contributed by atoms with Gasteiger partial charge in [-0.15, -0.1) is 0 Å². The number of hydrogen-bond donors (Lipinski definition) is 1. The number of esters is 1. The number of nitro groups is 1. The molecule has 146 valence electrons. The van der Waals surface area contributed by atoms with E-state index < -0.39 is 23.4 Å². The van der Waals surface area contributed by atoms with Crippen LogP contribution in [-0.4, -0.2) is 30.5 Å². The lowest BCUT2D eigenvalue weighted by molar-refractivity contribution is -0.384. The van der Waals surface area contributed by atoms with Crippen molar-refractivity contribution in [3.63, 3.8) is 0 Å². The monoisotopic (exact) mass is 384 g/mol. The maximum Gasteiger partial charge on any atom is 0.338 e. The molecule has 8 heteroatoms. The van der Waals surface area contributed by atoms with Crippen LogP contribution in [0.1, 0.15) is 34.3 Å². The molecule has 0 aliphatic heterocycles. The fourth-order valence-electron chi connectivity index (χ4n) is 3.16. The number of benzene rings is 2. The van der Waals surface area contributed by atoms with Crippen molar-refractivity contribution in [2.24, 2.45) is 0 Å². The van der Waals surface area contributed by atoms with Gasteiger partial charge in [0.25, 0.3) is 11.6 Å². The Morgan fingerprint density at radius 2 is 1.86 bits per heavy atom. The molecule has 28 heavy (non-hydrogen) atoms. The van der Waals surface area contributed by atoms with Crippen LogP contribution in [0.5, 0.6) is 5.75 Å². The third-order valence-electron chi connectivity index (χ3n) is 4.59. The molecule has 1 aliphatic carbocycles. The molecule has 2 aromatic carbocycles. The Morgan fingerprint density at radius 1 is 1.11 bits per heavy atom. The predicted octanol–water partition coefficient (Wildman–Crippen LogP) is 3.28. The number of nitrogens with one attached hydrogen (secondary N) is 1. The van der Waals surface area contributed by atoms with Crippen molar-refractivity contribution in [1.82, 2.24) is 0 Å². The van der Waals surface area contributed by atoms with Crippen LogP contribution < -0.4 is 10.1 Å². The highest BCUT2D eigenvalue weighted by Crippen LogP contribution is 2.29. The Labute approximate surface area is 161 Å². The lowest BCUT2D eigenvalue weighted by atomic mass is 9.90. The third-order valence-corrected chi connectivity index (χ3v) is 4.59. The van der Waals surface area contributed by atoms with Gasteiger partial charge in [-0.3, -0.25) is 14.9 Å². The number of aryl methyl sites for hydroxylation is 2. The predicted molar refractivity (Wildman–Crippen MR) is 102 cm³/mol. The molecule has 0 atom stereocenters. The second-order valence-corrected chi connectivity index (χ2v) is 6.46. The van der Waals surface area contributed by atoms with Gasteiger partial charge in [-0.05, 0) is 55.0 Å². The van der Waals surface area contributed by atoms with Gasteiger partial charge in [-0.2, -0.15) is 0 Å². The van der Waals surface area contributed by atoms with E-state index in [0.717, 1.165) is 31.2 Å². The largest absolute Gasteiger partial charge is 0.494 e. The number of ether oxygens (including phenoxy) is 2. The first-order valence-electron chi connectivity index (χ1n) is 8.89. The SMILES string of the molecule is COc1cc([N+](=O)[O-])ccc1NC(=O)COC(=O)c1ccc2c(c1)CCCC2. The van der Waals surface area contributed by atoms with Crippen molar-refractivity contribution in [3.8, 4) is 5.75 Å². The van der Waals surface area contributed by atoms with Crippen LogP contribution in [0.15, 0.2) is 36.4 Å². The number of non-ortho nitro benzene ring substituents is 1. The van der Waals surface area contributed by atoms with Gasteiger partial charge >= 0.3 is 5.97 Å². The van der Waals surface area contributed by atoms with Crippen LogP contribution in [-0.2, 0) is 22.4 Å². The summed E-state index contributed by atoms with van der Waals surface area (Å²) in [5.41, 5.74) is 2.92. The summed E-state index contributed by atoms with van der Waals surface area (Å²) in [5, 5.41) is 13.3. The van der Waals surface area contributed by atoms with Gasteiger partial charge < -0.3 is 14.8 Å². The molecule has 0 spiro atoms. The second kappa shape index (κ2) is 8.51. The summed E-state index contributed by atoms with van der Waals surface area (Å²) in [7, 11) is 1.34. The van der Waals surface area contributed by atoms with E-state index >= 15 is 0 Å². The minimum absolute atomic E-state index is 0.142. The molecule has 0 bridgehead atoms. The summed E-state index contributed by atoms with van der Waals surface area (Å²) in [5.74, 6) is -0.999. The number of amides is 1. The lowest BCUT2D eigenvalue weighted by Crippen LogP contribution is -2.21. The number of carbonyl (C=O) groups is 2. The average molecular weight is 384 g/mol. The molecule has 0 saturated heterocycles. The summed E-state index contributed by atoms with van der Waals surface area (Å²) in [6, 6.07) is 9.29. The summed E-state index contributed by atoms with van der Waals surface area (Å²) < 4.78 is 10.1. The zero-order chi connectivity index (χ0) is 20.1. The number of methoxy groups -OCH3 is 1. The highest BCUT2D eigenvalue weighted by molar-refractivity contribution is 5.96. The van der Waals surface area contributed by atoms with Gasteiger partial charge in [0.05, 0.1) is 29.4 Å². The van der Waals surface area contributed by atoms with E-state index in [1.54, 1.807) is 6.07 Å². The summed E-state index contributed by atoms with van der Waals surface area (Å²) >= 11 is 0. The van der Waals surface area contributed by atoms with Gasteiger partial charge in [0.1, 0.15) is 5.75 Å². The maximum atomic E-state index is 12.2. The van der Waals surface area contributed by atoms with Crippen molar-refractivity contribution >= 4 is 23.3 Å². The molecule has 0 unspecified atom stereocenters. The number of nitro benzene ring substituents is 1. The zero-order valence-electron chi connectivity index (χ0n) is 15.4. The minimum Gasteiger partial charge on any atom is -0.494 e. The normalized spacial score (nSPS) is 12.6. The van der Waals surface area contributed by atoms with E-state index in [0.29, 0.717) is 5.56 Å². The molecule has 0 aromatic heterocycles. The Kier molecular flexibility index (Phi) is 5.88. The van der Waals surface area contributed by atoms with E-state index in [2.05, 4.69) is 5.32 Å².